The van der Waals surface area contributed by atoms with Crippen LogP contribution in [-0.4, -0.2) is 53.0 Å². The third-order valence-electron chi connectivity index (χ3n) is 4.21. The lowest BCUT2D eigenvalue weighted by molar-refractivity contribution is -0.132. The number of carbonyl (C=O) groups is 2. The molecule has 0 radical (unpaired) electrons. The zero-order valence-corrected chi connectivity index (χ0v) is 18.9. The molecule has 0 spiro atoms. The van der Waals surface area contributed by atoms with E-state index in [0.717, 1.165) is 16.7 Å². The molecule has 0 aliphatic heterocycles. The molecular weight excluding hydrogens is 420 g/mol. The molecule has 0 atom stereocenters. The highest BCUT2D eigenvalue weighted by molar-refractivity contribution is 7.80. The van der Waals surface area contributed by atoms with E-state index in [2.05, 4.69) is 10.9 Å². The Morgan fingerprint density at radius 3 is 2.07 bits per heavy atom. The molecule has 2 N–H and O–H groups in total. The molecular formula is C21H24N4O3S2. The van der Waals surface area contributed by atoms with Gasteiger partial charge in [-0.25, -0.2) is 0 Å². The number of methoxy groups -OCH3 is 1. The molecule has 7 nitrogen and oxygen atoms in total. The van der Waals surface area contributed by atoms with Crippen LogP contribution in [-0.2, 0) is 9.59 Å². The molecule has 2 amide bonds. The molecule has 30 heavy (non-hydrogen) atoms. The number of aryl methyl sites for hydroxylation is 1. The fraction of sp³-hybridized carbons (Fsp3) is 0.238. The average Bonchev–Trinajstić information content (AvgIpc) is 2.73. The number of amides is 2. The van der Waals surface area contributed by atoms with Gasteiger partial charge in [0.05, 0.1) is 7.11 Å². The molecule has 158 valence electrons. The van der Waals surface area contributed by atoms with E-state index >= 15 is 0 Å². The number of hydrazine groups is 2. The van der Waals surface area contributed by atoms with Crippen molar-refractivity contribution in [3.05, 3.63) is 65.2 Å². The second-order valence-corrected chi connectivity index (χ2v) is 7.30. The standard InChI is InChI=1S/C21H24N4O3S2/c1-14-10-11-16(28-4)12-17(14)21(30)25(3)23-19(27)13-18(26)22-24(2)20(29)15-8-6-5-7-9-15/h5-12H,13H2,1-4H3,(H,22,26)(H,23,27). The number of ether oxygens (including phenoxy) is 1. The largest absolute Gasteiger partial charge is 0.497 e. The highest BCUT2D eigenvalue weighted by Crippen LogP contribution is 2.18. The Bertz CT molecular complexity index is 951. The molecule has 2 aromatic rings. The van der Waals surface area contributed by atoms with E-state index in [1.54, 1.807) is 27.3 Å². The summed E-state index contributed by atoms with van der Waals surface area (Å²) >= 11 is 10.8. The van der Waals surface area contributed by atoms with Crippen LogP contribution < -0.4 is 15.6 Å². The normalized spacial score (nSPS) is 10.0. The van der Waals surface area contributed by atoms with Gasteiger partial charge in [-0.1, -0.05) is 60.8 Å². The molecule has 2 rings (SSSR count). The summed E-state index contributed by atoms with van der Waals surface area (Å²) in [6.45, 7) is 1.91. The summed E-state index contributed by atoms with van der Waals surface area (Å²) < 4.78 is 5.23. The van der Waals surface area contributed by atoms with Crippen molar-refractivity contribution in [1.82, 2.24) is 20.9 Å². The van der Waals surface area contributed by atoms with Crippen LogP contribution >= 0.6 is 24.4 Å². The maximum absolute atomic E-state index is 12.3. The van der Waals surface area contributed by atoms with Gasteiger partial charge in [-0.05, 0) is 24.6 Å². The van der Waals surface area contributed by atoms with Crippen LogP contribution in [0.4, 0.5) is 0 Å². The fourth-order valence-corrected chi connectivity index (χ4v) is 3.06. The number of hydrogen-bond acceptors (Lipinski definition) is 5. The molecule has 2 aromatic carbocycles. The Kier molecular flexibility index (Phi) is 8.25. The van der Waals surface area contributed by atoms with Gasteiger partial charge < -0.3 is 4.74 Å². The third kappa shape index (κ3) is 6.23. The number of benzene rings is 2. The van der Waals surface area contributed by atoms with Gasteiger partial charge in [0.2, 0.25) is 11.8 Å². The van der Waals surface area contributed by atoms with Gasteiger partial charge in [-0.2, -0.15) is 0 Å². The van der Waals surface area contributed by atoms with Crippen LogP contribution in [0, 0.1) is 6.92 Å². The molecule has 0 saturated heterocycles. The van der Waals surface area contributed by atoms with Crippen LogP contribution in [0.25, 0.3) is 0 Å². The van der Waals surface area contributed by atoms with Gasteiger partial charge in [-0.3, -0.25) is 30.5 Å². The lowest BCUT2D eigenvalue weighted by atomic mass is 10.1. The summed E-state index contributed by atoms with van der Waals surface area (Å²) in [4.78, 5) is 25.3. The third-order valence-corrected chi connectivity index (χ3v) is 5.21. The lowest BCUT2D eigenvalue weighted by Gasteiger charge is -2.23. The Morgan fingerprint density at radius 1 is 0.933 bits per heavy atom. The summed E-state index contributed by atoms with van der Waals surface area (Å²) in [5, 5.41) is 2.82. The number of nitrogens with zero attached hydrogens (tertiary/aromatic N) is 2. The maximum atomic E-state index is 12.3. The predicted octanol–water partition coefficient (Wildman–Crippen LogP) is 2.37. The molecule has 0 heterocycles. The van der Waals surface area contributed by atoms with Crippen molar-refractivity contribution in [2.45, 2.75) is 13.3 Å². The minimum Gasteiger partial charge on any atom is -0.497 e. The first-order valence-corrected chi connectivity index (χ1v) is 9.89. The first-order chi connectivity index (χ1) is 14.2. The van der Waals surface area contributed by atoms with Crippen LogP contribution in [0.1, 0.15) is 23.1 Å². The zero-order valence-electron chi connectivity index (χ0n) is 17.3. The highest BCUT2D eigenvalue weighted by Gasteiger charge is 2.17. The number of nitrogens with one attached hydrogen (secondary N) is 2. The molecule has 0 aliphatic rings. The zero-order chi connectivity index (χ0) is 22.3. The van der Waals surface area contributed by atoms with Crippen molar-refractivity contribution >= 4 is 46.2 Å². The van der Waals surface area contributed by atoms with Crippen LogP contribution in [0.3, 0.4) is 0 Å². The van der Waals surface area contributed by atoms with Gasteiger partial charge in [0.1, 0.15) is 22.1 Å². The van der Waals surface area contributed by atoms with E-state index in [1.165, 1.54) is 10.0 Å². The molecule has 0 saturated carbocycles. The minimum atomic E-state index is -0.503. The lowest BCUT2D eigenvalue weighted by Crippen LogP contribution is -2.47. The SMILES string of the molecule is COc1ccc(C)c(C(=S)N(C)NC(=O)CC(=O)NN(C)C(=S)c2ccccc2)c1. The van der Waals surface area contributed by atoms with E-state index in [4.69, 9.17) is 29.2 Å². The molecule has 0 aliphatic carbocycles. The van der Waals surface area contributed by atoms with Crippen molar-refractivity contribution in [2.75, 3.05) is 21.2 Å². The quantitative estimate of drug-likeness (QED) is 0.417. The molecule has 0 aromatic heterocycles. The maximum Gasteiger partial charge on any atom is 0.248 e. The van der Waals surface area contributed by atoms with Gasteiger partial charge in [-0.15, -0.1) is 0 Å². The summed E-state index contributed by atoms with van der Waals surface area (Å²) in [5.41, 5.74) is 7.68. The molecule has 9 heteroatoms. The number of thiocarbonyl (C=S) groups is 2. The fourth-order valence-electron chi connectivity index (χ4n) is 2.61. The molecule has 0 fully saturated rings. The smallest absolute Gasteiger partial charge is 0.248 e. The number of rotatable bonds is 5. The van der Waals surface area contributed by atoms with Gasteiger partial charge in [0.25, 0.3) is 0 Å². The van der Waals surface area contributed by atoms with E-state index in [1.807, 2.05) is 49.4 Å². The first-order valence-electron chi connectivity index (χ1n) is 9.07. The Balaban J connectivity index is 1.90. The summed E-state index contributed by atoms with van der Waals surface area (Å²) in [7, 11) is 4.81. The van der Waals surface area contributed by atoms with Crippen LogP contribution in [0.2, 0.25) is 0 Å². The Hall–Kier alpha value is -3.04. The van der Waals surface area contributed by atoms with E-state index < -0.39 is 11.8 Å². The van der Waals surface area contributed by atoms with Crippen molar-refractivity contribution in [3.8, 4) is 5.75 Å². The first kappa shape index (κ1) is 23.2. The Morgan fingerprint density at radius 2 is 1.50 bits per heavy atom. The second kappa shape index (κ2) is 10.7. The Labute approximate surface area is 186 Å². The molecule has 0 bridgehead atoms. The van der Waals surface area contributed by atoms with Gasteiger partial charge in [0.15, 0.2) is 0 Å². The summed E-state index contributed by atoms with van der Waals surface area (Å²) in [6, 6.07) is 14.8. The predicted molar refractivity (Wildman–Crippen MR) is 124 cm³/mol. The van der Waals surface area contributed by atoms with Crippen LogP contribution in [0.15, 0.2) is 48.5 Å². The van der Waals surface area contributed by atoms with E-state index in [9.17, 15) is 9.59 Å². The van der Waals surface area contributed by atoms with Crippen molar-refractivity contribution < 1.29 is 14.3 Å². The number of hydrogen-bond donors (Lipinski definition) is 2. The van der Waals surface area contributed by atoms with Crippen LogP contribution in [0.5, 0.6) is 5.75 Å². The van der Waals surface area contributed by atoms with Crippen molar-refractivity contribution in [3.63, 3.8) is 0 Å². The average molecular weight is 445 g/mol. The van der Waals surface area contributed by atoms with Gasteiger partial charge >= 0.3 is 0 Å². The molecule has 0 unspecified atom stereocenters. The summed E-state index contributed by atoms with van der Waals surface area (Å²) in [6.07, 6.45) is -0.383. The van der Waals surface area contributed by atoms with E-state index in [-0.39, 0.29) is 6.42 Å². The number of carbonyl (C=O) groups excluding carboxylic acids is 2. The summed E-state index contributed by atoms with van der Waals surface area (Å²) in [5.74, 6) is -0.337. The van der Waals surface area contributed by atoms with E-state index in [0.29, 0.717) is 15.7 Å². The second-order valence-electron chi connectivity index (χ2n) is 6.52. The monoisotopic (exact) mass is 444 g/mol. The van der Waals surface area contributed by atoms with Crippen molar-refractivity contribution in [1.29, 1.82) is 0 Å². The minimum absolute atomic E-state index is 0.383. The van der Waals surface area contributed by atoms with Crippen molar-refractivity contribution in [2.24, 2.45) is 0 Å². The topological polar surface area (TPSA) is 73.9 Å². The highest BCUT2D eigenvalue weighted by atomic mass is 32.1. The van der Waals surface area contributed by atoms with Gasteiger partial charge in [0, 0.05) is 25.2 Å².